The number of hydrogen-bond acceptors (Lipinski definition) is 3. The number of carbonyl (C=O) groups is 1. The molecule has 0 aliphatic carbocycles. The highest BCUT2D eigenvalue weighted by Gasteiger charge is 2.32. The Balaban J connectivity index is 1.51. The maximum atomic E-state index is 13.3. The third-order valence-corrected chi connectivity index (χ3v) is 5.60. The predicted molar refractivity (Wildman–Crippen MR) is 102 cm³/mol. The molecular weight excluding hydrogens is 349 g/mol. The van der Waals surface area contributed by atoms with Crippen molar-refractivity contribution >= 4 is 23.1 Å². The van der Waals surface area contributed by atoms with Crippen LogP contribution in [0.4, 0.5) is 14.9 Å². The fourth-order valence-corrected chi connectivity index (χ4v) is 4.28. The van der Waals surface area contributed by atoms with E-state index < -0.39 is 0 Å². The average Bonchev–Trinajstić information content (AvgIpc) is 3.32. The van der Waals surface area contributed by atoms with Crippen molar-refractivity contribution in [3.05, 3.63) is 71.6 Å². The van der Waals surface area contributed by atoms with Gasteiger partial charge in [-0.25, -0.2) is 14.2 Å². The SMILES string of the molecule is O=C(Nc1cccc(F)c1)N1CCC[C@H]1c1ncc(-c2ccccc2)s1. The smallest absolute Gasteiger partial charge is 0.315 e. The van der Waals surface area contributed by atoms with Gasteiger partial charge in [-0.15, -0.1) is 11.3 Å². The molecule has 1 fully saturated rings. The zero-order valence-electron chi connectivity index (χ0n) is 14.1. The average molecular weight is 367 g/mol. The van der Waals surface area contributed by atoms with Gasteiger partial charge in [0.15, 0.2) is 0 Å². The first-order chi connectivity index (χ1) is 12.7. The Labute approximate surface area is 155 Å². The van der Waals surface area contributed by atoms with E-state index in [9.17, 15) is 9.18 Å². The van der Waals surface area contributed by atoms with Gasteiger partial charge in [0, 0.05) is 18.4 Å². The van der Waals surface area contributed by atoms with Crippen molar-refractivity contribution in [1.82, 2.24) is 9.88 Å². The van der Waals surface area contributed by atoms with E-state index >= 15 is 0 Å². The van der Waals surface area contributed by atoms with Crippen LogP contribution in [0.1, 0.15) is 23.9 Å². The lowest BCUT2D eigenvalue weighted by Crippen LogP contribution is -2.34. The standard InChI is InChI=1S/C20H18FN3OS/c21-15-8-4-9-16(12-15)23-20(25)24-11-5-10-17(24)19-22-13-18(26-19)14-6-2-1-3-7-14/h1-4,6-9,12-13,17H,5,10-11H2,(H,23,25)/t17-/m0/s1. The number of hydrogen-bond donors (Lipinski definition) is 1. The summed E-state index contributed by atoms with van der Waals surface area (Å²) in [5, 5.41) is 3.73. The number of nitrogens with zero attached hydrogens (tertiary/aromatic N) is 2. The topological polar surface area (TPSA) is 45.2 Å². The molecule has 0 bridgehead atoms. The van der Waals surface area contributed by atoms with Crippen LogP contribution in [0.25, 0.3) is 10.4 Å². The normalized spacial score (nSPS) is 16.7. The summed E-state index contributed by atoms with van der Waals surface area (Å²) in [6, 6.07) is 15.8. The molecule has 1 N–H and O–H groups in total. The number of carbonyl (C=O) groups excluding carboxylic acids is 1. The summed E-state index contributed by atoms with van der Waals surface area (Å²) >= 11 is 1.62. The van der Waals surface area contributed by atoms with Crippen LogP contribution >= 0.6 is 11.3 Å². The Bertz CT molecular complexity index is 912. The first-order valence-electron chi connectivity index (χ1n) is 8.55. The van der Waals surface area contributed by atoms with Crippen LogP contribution in [0, 0.1) is 5.82 Å². The molecule has 0 radical (unpaired) electrons. The summed E-state index contributed by atoms with van der Waals surface area (Å²) in [5.74, 6) is -0.367. The number of rotatable bonds is 3. The van der Waals surface area contributed by atoms with Gasteiger partial charge in [0.05, 0.1) is 10.9 Å². The molecule has 26 heavy (non-hydrogen) atoms. The Morgan fingerprint density at radius 3 is 2.85 bits per heavy atom. The Kier molecular flexibility index (Phi) is 4.67. The number of likely N-dealkylation sites (tertiary alicyclic amines) is 1. The molecule has 0 saturated carbocycles. The molecule has 2 aromatic carbocycles. The molecule has 4 nitrogen and oxygen atoms in total. The quantitative estimate of drug-likeness (QED) is 0.681. The van der Waals surface area contributed by atoms with Crippen molar-refractivity contribution in [2.75, 3.05) is 11.9 Å². The van der Waals surface area contributed by atoms with Gasteiger partial charge in [0.25, 0.3) is 0 Å². The number of anilines is 1. The summed E-state index contributed by atoms with van der Waals surface area (Å²) in [7, 11) is 0. The van der Waals surface area contributed by atoms with Crippen LogP contribution in [-0.4, -0.2) is 22.5 Å². The van der Waals surface area contributed by atoms with Crippen LogP contribution in [-0.2, 0) is 0 Å². The molecule has 2 heterocycles. The molecule has 0 spiro atoms. The molecular formula is C20H18FN3OS. The molecule has 1 aliphatic rings. The van der Waals surface area contributed by atoms with Gasteiger partial charge in [-0.3, -0.25) is 0 Å². The van der Waals surface area contributed by atoms with Gasteiger partial charge < -0.3 is 10.2 Å². The zero-order valence-corrected chi connectivity index (χ0v) is 14.9. The van der Waals surface area contributed by atoms with Crippen molar-refractivity contribution in [2.24, 2.45) is 0 Å². The number of urea groups is 1. The van der Waals surface area contributed by atoms with Crippen LogP contribution in [0.2, 0.25) is 0 Å². The molecule has 1 aromatic heterocycles. The van der Waals surface area contributed by atoms with Gasteiger partial charge in [-0.05, 0) is 36.6 Å². The summed E-state index contributed by atoms with van der Waals surface area (Å²) in [5.41, 5.74) is 1.59. The summed E-state index contributed by atoms with van der Waals surface area (Å²) in [6.07, 6.45) is 3.69. The lowest BCUT2D eigenvalue weighted by atomic mass is 10.2. The third-order valence-electron chi connectivity index (χ3n) is 4.46. The molecule has 4 rings (SSSR count). The fraction of sp³-hybridized carbons (Fsp3) is 0.200. The lowest BCUT2D eigenvalue weighted by molar-refractivity contribution is 0.207. The molecule has 1 saturated heterocycles. The van der Waals surface area contributed by atoms with Crippen molar-refractivity contribution in [3.8, 4) is 10.4 Å². The Hall–Kier alpha value is -2.73. The van der Waals surface area contributed by atoms with Crippen LogP contribution in [0.5, 0.6) is 0 Å². The minimum absolute atomic E-state index is 0.0361. The van der Waals surface area contributed by atoms with Crippen molar-refractivity contribution in [1.29, 1.82) is 0 Å². The zero-order chi connectivity index (χ0) is 17.9. The van der Waals surface area contributed by atoms with E-state index in [-0.39, 0.29) is 17.9 Å². The first-order valence-corrected chi connectivity index (χ1v) is 9.37. The second-order valence-electron chi connectivity index (χ2n) is 6.22. The van der Waals surface area contributed by atoms with Gasteiger partial charge in [0.2, 0.25) is 0 Å². The van der Waals surface area contributed by atoms with Gasteiger partial charge >= 0.3 is 6.03 Å². The highest BCUT2D eigenvalue weighted by atomic mass is 32.1. The van der Waals surface area contributed by atoms with Crippen molar-refractivity contribution in [2.45, 2.75) is 18.9 Å². The van der Waals surface area contributed by atoms with Gasteiger partial charge in [-0.1, -0.05) is 36.4 Å². The van der Waals surface area contributed by atoms with Crippen LogP contribution in [0.15, 0.2) is 60.8 Å². The van der Waals surface area contributed by atoms with E-state index in [0.717, 1.165) is 28.3 Å². The molecule has 2 amide bonds. The predicted octanol–water partition coefficient (Wildman–Crippen LogP) is 5.32. The number of halogens is 1. The molecule has 132 valence electrons. The molecule has 0 unspecified atom stereocenters. The second-order valence-corrected chi connectivity index (χ2v) is 7.28. The number of nitrogens with one attached hydrogen (secondary N) is 1. The molecule has 1 atom stereocenters. The number of aromatic nitrogens is 1. The van der Waals surface area contributed by atoms with Crippen molar-refractivity contribution < 1.29 is 9.18 Å². The Morgan fingerprint density at radius 2 is 2.04 bits per heavy atom. The first kappa shape index (κ1) is 16.7. The second kappa shape index (κ2) is 7.25. The number of amides is 2. The minimum Gasteiger partial charge on any atom is -0.315 e. The Morgan fingerprint density at radius 1 is 1.19 bits per heavy atom. The van der Waals surface area contributed by atoms with Gasteiger partial charge in [-0.2, -0.15) is 0 Å². The molecule has 6 heteroatoms. The minimum atomic E-state index is -0.367. The van der Waals surface area contributed by atoms with E-state index in [1.54, 1.807) is 28.4 Å². The van der Waals surface area contributed by atoms with Gasteiger partial charge in [0.1, 0.15) is 10.8 Å². The van der Waals surface area contributed by atoms with E-state index in [4.69, 9.17) is 0 Å². The summed E-state index contributed by atoms with van der Waals surface area (Å²) < 4.78 is 13.3. The van der Waals surface area contributed by atoms with E-state index in [0.29, 0.717) is 12.2 Å². The highest BCUT2D eigenvalue weighted by Crippen LogP contribution is 2.37. The van der Waals surface area contributed by atoms with Crippen molar-refractivity contribution in [3.63, 3.8) is 0 Å². The third kappa shape index (κ3) is 3.46. The number of benzene rings is 2. The lowest BCUT2D eigenvalue weighted by Gasteiger charge is -2.23. The van der Waals surface area contributed by atoms with E-state index in [1.807, 2.05) is 24.4 Å². The summed E-state index contributed by atoms with van der Waals surface area (Å²) in [4.78, 5) is 20.1. The fourth-order valence-electron chi connectivity index (χ4n) is 3.21. The highest BCUT2D eigenvalue weighted by molar-refractivity contribution is 7.15. The van der Waals surface area contributed by atoms with Crippen LogP contribution in [0.3, 0.4) is 0 Å². The monoisotopic (exact) mass is 367 g/mol. The molecule has 3 aromatic rings. The number of thiazole rings is 1. The maximum Gasteiger partial charge on any atom is 0.322 e. The van der Waals surface area contributed by atoms with E-state index in [1.165, 1.54) is 12.1 Å². The maximum absolute atomic E-state index is 13.3. The van der Waals surface area contributed by atoms with E-state index in [2.05, 4.69) is 22.4 Å². The van der Waals surface area contributed by atoms with Crippen LogP contribution < -0.4 is 5.32 Å². The molecule has 1 aliphatic heterocycles. The summed E-state index contributed by atoms with van der Waals surface area (Å²) in [6.45, 7) is 0.673. The largest absolute Gasteiger partial charge is 0.322 e.